The predicted octanol–water partition coefficient (Wildman–Crippen LogP) is 4.00. The van der Waals surface area contributed by atoms with Crippen LogP contribution in [0.1, 0.15) is 71.1 Å². The average Bonchev–Trinajstić information content (AvgIpc) is 2.58. The van der Waals surface area contributed by atoms with Crippen LogP contribution in [0.15, 0.2) is 12.7 Å². The quantitative estimate of drug-likeness (QED) is 0.355. The summed E-state index contributed by atoms with van der Waals surface area (Å²) in [6.45, 7) is 6.70. The Hall–Kier alpha value is -1.32. The van der Waals surface area contributed by atoms with Crippen LogP contribution in [0.2, 0.25) is 0 Å². The van der Waals surface area contributed by atoms with Crippen LogP contribution in [-0.2, 0) is 14.3 Å². The van der Waals surface area contributed by atoms with Crippen molar-refractivity contribution in [2.45, 2.75) is 71.1 Å². The van der Waals surface area contributed by atoms with Gasteiger partial charge in [0.1, 0.15) is 6.61 Å². The molecule has 1 rings (SSSR count). The number of carbonyl (C=O) groups excluding carboxylic acids is 2. The zero-order valence-corrected chi connectivity index (χ0v) is 14.6. The van der Waals surface area contributed by atoms with Crippen molar-refractivity contribution in [3.8, 4) is 0 Å². The van der Waals surface area contributed by atoms with E-state index in [1.54, 1.807) is 6.08 Å². The van der Waals surface area contributed by atoms with Crippen molar-refractivity contribution in [1.29, 1.82) is 0 Å². The van der Waals surface area contributed by atoms with E-state index in [-0.39, 0.29) is 30.3 Å². The Bertz CT molecular complexity index is 368. The molecule has 1 aliphatic rings. The van der Waals surface area contributed by atoms with Crippen LogP contribution in [0.3, 0.4) is 0 Å². The van der Waals surface area contributed by atoms with Gasteiger partial charge in [0, 0.05) is 6.54 Å². The molecule has 1 amide bonds. The average molecular weight is 323 g/mol. The molecule has 0 aromatic rings. The Morgan fingerprint density at radius 3 is 2.43 bits per heavy atom. The third-order valence-electron chi connectivity index (χ3n) is 4.58. The summed E-state index contributed by atoms with van der Waals surface area (Å²) in [7, 11) is 0. The number of ether oxygens (including phenoxy) is 1. The maximum atomic E-state index is 12.4. The van der Waals surface area contributed by atoms with Gasteiger partial charge in [0.2, 0.25) is 5.91 Å². The van der Waals surface area contributed by atoms with Gasteiger partial charge in [-0.1, -0.05) is 64.5 Å². The van der Waals surface area contributed by atoms with Gasteiger partial charge >= 0.3 is 5.97 Å². The maximum Gasteiger partial charge on any atom is 0.310 e. The smallest absolute Gasteiger partial charge is 0.310 e. The van der Waals surface area contributed by atoms with E-state index in [2.05, 4.69) is 18.8 Å². The van der Waals surface area contributed by atoms with Crippen LogP contribution in [0, 0.1) is 11.8 Å². The van der Waals surface area contributed by atoms with E-state index >= 15 is 0 Å². The van der Waals surface area contributed by atoms with Gasteiger partial charge in [-0.15, -0.1) is 0 Å². The number of unbranched alkanes of at least 4 members (excludes halogenated alkanes) is 5. The van der Waals surface area contributed by atoms with Gasteiger partial charge in [0.05, 0.1) is 11.8 Å². The monoisotopic (exact) mass is 323 g/mol. The molecule has 23 heavy (non-hydrogen) atoms. The van der Waals surface area contributed by atoms with E-state index in [9.17, 15) is 9.59 Å². The molecule has 4 nitrogen and oxygen atoms in total. The normalized spacial score (nSPS) is 20.7. The van der Waals surface area contributed by atoms with Crippen LogP contribution in [0.5, 0.6) is 0 Å². The van der Waals surface area contributed by atoms with Crippen molar-refractivity contribution in [3.05, 3.63) is 12.7 Å². The van der Waals surface area contributed by atoms with E-state index in [0.717, 1.165) is 45.1 Å². The summed E-state index contributed by atoms with van der Waals surface area (Å²) in [5.74, 6) is -0.725. The molecule has 0 saturated heterocycles. The highest BCUT2D eigenvalue weighted by Gasteiger charge is 2.36. The molecule has 1 N–H and O–H groups in total. The van der Waals surface area contributed by atoms with E-state index in [1.807, 2.05) is 0 Å². The molecule has 4 heteroatoms. The molecule has 0 heterocycles. The fourth-order valence-electron chi connectivity index (χ4n) is 3.22. The largest absolute Gasteiger partial charge is 0.461 e. The molecule has 1 fully saturated rings. The Morgan fingerprint density at radius 2 is 1.74 bits per heavy atom. The summed E-state index contributed by atoms with van der Waals surface area (Å²) in [6, 6.07) is 0. The topological polar surface area (TPSA) is 55.4 Å². The van der Waals surface area contributed by atoms with E-state index in [0.29, 0.717) is 0 Å². The minimum Gasteiger partial charge on any atom is -0.461 e. The summed E-state index contributed by atoms with van der Waals surface area (Å²) in [4.78, 5) is 24.5. The summed E-state index contributed by atoms with van der Waals surface area (Å²) >= 11 is 0. The standard InChI is InChI=1S/C19H33NO3/c1-3-5-6-7-8-11-14-20-18(21)16-12-9-10-13-17(16)19(22)23-15-4-2/h4,16-17H,2-3,5-15H2,1H3,(H,20,21). The molecule has 1 saturated carbocycles. The van der Waals surface area contributed by atoms with Crippen molar-refractivity contribution < 1.29 is 14.3 Å². The lowest BCUT2D eigenvalue weighted by Crippen LogP contribution is -2.40. The third kappa shape index (κ3) is 7.67. The number of hydrogen-bond acceptors (Lipinski definition) is 3. The van der Waals surface area contributed by atoms with Gasteiger partial charge in [0.15, 0.2) is 0 Å². The van der Waals surface area contributed by atoms with Crippen molar-refractivity contribution in [2.75, 3.05) is 13.2 Å². The second kappa shape index (κ2) is 12.1. The molecular weight excluding hydrogens is 290 g/mol. The van der Waals surface area contributed by atoms with Crippen LogP contribution < -0.4 is 5.32 Å². The zero-order chi connectivity index (χ0) is 16.9. The minimum absolute atomic E-state index is 0.0267. The second-order valence-electron chi connectivity index (χ2n) is 6.47. The van der Waals surface area contributed by atoms with Gasteiger partial charge < -0.3 is 10.1 Å². The number of amides is 1. The molecule has 0 bridgehead atoms. The van der Waals surface area contributed by atoms with Gasteiger partial charge in [-0.2, -0.15) is 0 Å². The van der Waals surface area contributed by atoms with Gasteiger partial charge in [-0.05, 0) is 19.3 Å². The van der Waals surface area contributed by atoms with Crippen molar-refractivity contribution in [1.82, 2.24) is 5.32 Å². The number of nitrogens with one attached hydrogen (secondary N) is 1. The molecule has 0 aliphatic heterocycles. The van der Waals surface area contributed by atoms with Crippen molar-refractivity contribution >= 4 is 11.9 Å². The number of rotatable bonds is 11. The summed E-state index contributed by atoms with van der Waals surface area (Å²) < 4.78 is 5.15. The molecule has 0 aromatic heterocycles. The molecule has 0 radical (unpaired) electrons. The van der Waals surface area contributed by atoms with E-state index in [4.69, 9.17) is 4.74 Å². The van der Waals surface area contributed by atoms with Crippen molar-refractivity contribution in [2.24, 2.45) is 11.8 Å². The van der Waals surface area contributed by atoms with Crippen LogP contribution in [0.4, 0.5) is 0 Å². The van der Waals surface area contributed by atoms with Crippen molar-refractivity contribution in [3.63, 3.8) is 0 Å². The zero-order valence-electron chi connectivity index (χ0n) is 14.6. The van der Waals surface area contributed by atoms with Gasteiger partial charge in [-0.3, -0.25) is 9.59 Å². The Labute approximate surface area is 141 Å². The summed E-state index contributed by atoms with van der Waals surface area (Å²) in [5.41, 5.74) is 0. The Balaban J connectivity index is 2.30. The molecule has 132 valence electrons. The minimum atomic E-state index is -0.284. The predicted molar refractivity (Wildman–Crippen MR) is 93.0 cm³/mol. The SMILES string of the molecule is C=CCOC(=O)C1CCCCC1C(=O)NCCCCCCCC. The second-order valence-corrected chi connectivity index (χ2v) is 6.47. The lowest BCUT2D eigenvalue weighted by atomic mass is 9.78. The maximum absolute atomic E-state index is 12.4. The first-order valence-electron chi connectivity index (χ1n) is 9.26. The lowest BCUT2D eigenvalue weighted by molar-refractivity contribution is -0.153. The fourth-order valence-corrected chi connectivity index (χ4v) is 3.22. The Kier molecular flexibility index (Phi) is 10.4. The first-order chi connectivity index (χ1) is 11.2. The first-order valence-corrected chi connectivity index (χ1v) is 9.26. The molecule has 2 unspecified atom stereocenters. The molecule has 0 aromatic carbocycles. The first kappa shape index (κ1) is 19.7. The van der Waals surface area contributed by atoms with Gasteiger partial charge in [0.25, 0.3) is 0 Å². The van der Waals surface area contributed by atoms with Gasteiger partial charge in [-0.25, -0.2) is 0 Å². The third-order valence-corrected chi connectivity index (χ3v) is 4.58. The Morgan fingerprint density at radius 1 is 1.09 bits per heavy atom. The highest BCUT2D eigenvalue weighted by molar-refractivity contribution is 5.85. The fraction of sp³-hybridized carbons (Fsp3) is 0.789. The molecular formula is C19H33NO3. The van der Waals surface area contributed by atoms with E-state index < -0.39 is 0 Å². The summed E-state index contributed by atoms with van der Waals surface area (Å²) in [6.07, 6.45) is 12.4. The molecule has 0 spiro atoms. The van der Waals surface area contributed by atoms with Crippen LogP contribution in [0.25, 0.3) is 0 Å². The lowest BCUT2D eigenvalue weighted by Gasteiger charge is -2.28. The highest BCUT2D eigenvalue weighted by atomic mass is 16.5. The molecule has 1 aliphatic carbocycles. The van der Waals surface area contributed by atoms with Crippen LogP contribution >= 0.6 is 0 Å². The number of carbonyl (C=O) groups is 2. The number of esters is 1. The highest BCUT2D eigenvalue weighted by Crippen LogP contribution is 2.31. The summed E-state index contributed by atoms with van der Waals surface area (Å²) in [5, 5.41) is 3.02. The number of hydrogen-bond donors (Lipinski definition) is 1. The van der Waals surface area contributed by atoms with E-state index in [1.165, 1.54) is 25.7 Å². The molecule has 2 atom stereocenters. The van der Waals surface area contributed by atoms with Crippen LogP contribution in [-0.4, -0.2) is 25.0 Å².